The lowest BCUT2D eigenvalue weighted by atomic mass is 9.99. The molecule has 1 aromatic carbocycles. The van der Waals surface area contributed by atoms with Crippen LogP contribution in [0.4, 0.5) is 19.3 Å². The minimum atomic E-state index is -0.834. The van der Waals surface area contributed by atoms with Crippen LogP contribution in [0.15, 0.2) is 18.2 Å². The minimum absolute atomic E-state index is 0.180. The fourth-order valence-electron chi connectivity index (χ4n) is 2.38. The van der Waals surface area contributed by atoms with Crippen LogP contribution in [-0.4, -0.2) is 23.3 Å². The van der Waals surface area contributed by atoms with E-state index in [9.17, 15) is 18.7 Å². The predicted octanol–water partition coefficient (Wildman–Crippen LogP) is 2.39. The number of halogens is 2. The van der Waals surface area contributed by atoms with E-state index in [0.717, 1.165) is 25.0 Å². The van der Waals surface area contributed by atoms with Crippen molar-refractivity contribution in [1.82, 2.24) is 5.32 Å². The van der Waals surface area contributed by atoms with Crippen molar-refractivity contribution < 1.29 is 18.7 Å². The zero-order valence-electron chi connectivity index (χ0n) is 10.4. The molecule has 4 nitrogen and oxygen atoms in total. The summed E-state index contributed by atoms with van der Waals surface area (Å²) < 4.78 is 26.7. The summed E-state index contributed by atoms with van der Waals surface area (Å²) >= 11 is 0. The number of carbonyl (C=O) groups is 1. The van der Waals surface area contributed by atoms with Gasteiger partial charge in [0.15, 0.2) is 0 Å². The van der Waals surface area contributed by atoms with Crippen molar-refractivity contribution in [2.45, 2.75) is 31.2 Å². The molecule has 3 N–H and O–H groups in total. The number of hydrogen-bond acceptors (Lipinski definition) is 2. The van der Waals surface area contributed by atoms with Crippen molar-refractivity contribution in [1.29, 1.82) is 0 Å². The van der Waals surface area contributed by atoms with Gasteiger partial charge in [0, 0.05) is 0 Å². The Morgan fingerprint density at radius 1 is 1.26 bits per heavy atom. The van der Waals surface area contributed by atoms with Gasteiger partial charge in [-0.15, -0.1) is 0 Å². The molecule has 1 fully saturated rings. The molecular formula is C13H16F2N2O2. The van der Waals surface area contributed by atoms with Crippen LogP contribution < -0.4 is 10.6 Å². The van der Waals surface area contributed by atoms with Gasteiger partial charge < -0.3 is 15.7 Å². The van der Waals surface area contributed by atoms with E-state index in [-0.39, 0.29) is 6.61 Å². The SMILES string of the molecule is O=C(Nc1c(F)cccc1F)NC1(CO)CCCC1. The molecule has 104 valence electrons. The summed E-state index contributed by atoms with van der Waals surface area (Å²) in [6, 6.07) is 2.64. The summed E-state index contributed by atoms with van der Waals surface area (Å²) in [7, 11) is 0. The number of urea groups is 1. The fourth-order valence-corrected chi connectivity index (χ4v) is 2.38. The standard InChI is InChI=1S/C13H16F2N2O2/c14-9-4-3-5-10(15)11(9)16-12(19)17-13(8-18)6-1-2-7-13/h3-5,18H,1-2,6-8H2,(H2,16,17,19). The van der Waals surface area contributed by atoms with Crippen LogP contribution in [0.3, 0.4) is 0 Å². The molecule has 0 unspecified atom stereocenters. The Labute approximate surface area is 109 Å². The van der Waals surface area contributed by atoms with E-state index < -0.39 is 28.9 Å². The first-order valence-electron chi connectivity index (χ1n) is 6.20. The van der Waals surface area contributed by atoms with Gasteiger partial charge in [-0.25, -0.2) is 13.6 Å². The van der Waals surface area contributed by atoms with Crippen molar-refractivity contribution in [3.8, 4) is 0 Å². The highest BCUT2D eigenvalue weighted by Crippen LogP contribution is 2.29. The van der Waals surface area contributed by atoms with Gasteiger partial charge in [-0.2, -0.15) is 0 Å². The zero-order chi connectivity index (χ0) is 13.9. The molecule has 0 radical (unpaired) electrons. The Hall–Kier alpha value is -1.69. The molecule has 0 atom stereocenters. The number of amides is 2. The van der Waals surface area contributed by atoms with Crippen molar-refractivity contribution >= 4 is 11.7 Å². The number of rotatable bonds is 3. The van der Waals surface area contributed by atoms with Crippen molar-refractivity contribution in [3.63, 3.8) is 0 Å². The molecule has 0 heterocycles. The van der Waals surface area contributed by atoms with Crippen molar-refractivity contribution in [3.05, 3.63) is 29.8 Å². The predicted molar refractivity (Wildman–Crippen MR) is 66.8 cm³/mol. The third kappa shape index (κ3) is 3.01. The van der Waals surface area contributed by atoms with Crippen LogP contribution in [0.2, 0.25) is 0 Å². The molecule has 19 heavy (non-hydrogen) atoms. The van der Waals surface area contributed by atoms with Crippen LogP contribution in [0.5, 0.6) is 0 Å². The van der Waals surface area contributed by atoms with Gasteiger partial charge in [0.25, 0.3) is 0 Å². The Kier molecular flexibility index (Phi) is 3.99. The van der Waals surface area contributed by atoms with Crippen molar-refractivity contribution in [2.75, 3.05) is 11.9 Å². The molecular weight excluding hydrogens is 254 g/mol. The van der Waals surface area contributed by atoms with Crippen LogP contribution in [-0.2, 0) is 0 Å². The van der Waals surface area contributed by atoms with Crippen LogP contribution in [0, 0.1) is 11.6 Å². The molecule has 1 aliphatic rings. The highest BCUT2D eigenvalue weighted by molar-refractivity contribution is 5.90. The second-order valence-electron chi connectivity index (χ2n) is 4.82. The fraction of sp³-hybridized carbons (Fsp3) is 0.462. The first kappa shape index (κ1) is 13.7. The summed E-state index contributed by atoms with van der Waals surface area (Å²) in [5.41, 5.74) is -1.16. The lowest BCUT2D eigenvalue weighted by Crippen LogP contribution is -2.50. The highest BCUT2D eigenvalue weighted by atomic mass is 19.1. The maximum Gasteiger partial charge on any atom is 0.319 e. The number of hydrogen-bond donors (Lipinski definition) is 3. The van der Waals surface area contributed by atoms with Gasteiger partial charge in [-0.3, -0.25) is 0 Å². The number of carbonyl (C=O) groups excluding carboxylic acids is 1. The molecule has 2 rings (SSSR count). The third-order valence-corrected chi connectivity index (χ3v) is 3.44. The summed E-state index contributed by atoms with van der Waals surface area (Å²) in [5.74, 6) is -1.67. The Morgan fingerprint density at radius 3 is 2.37 bits per heavy atom. The van der Waals surface area contributed by atoms with E-state index in [1.54, 1.807) is 0 Å². The maximum atomic E-state index is 13.4. The van der Waals surface area contributed by atoms with E-state index in [2.05, 4.69) is 10.6 Å². The smallest absolute Gasteiger partial charge is 0.319 e. The number of para-hydroxylation sites is 1. The largest absolute Gasteiger partial charge is 0.394 e. The van der Waals surface area contributed by atoms with Gasteiger partial charge in [-0.05, 0) is 25.0 Å². The third-order valence-electron chi connectivity index (χ3n) is 3.44. The van der Waals surface area contributed by atoms with Crippen molar-refractivity contribution in [2.24, 2.45) is 0 Å². The lowest BCUT2D eigenvalue weighted by Gasteiger charge is -2.28. The molecule has 2 amide bonds. The molecule has 6 heteroatoms. The average molecular weight is 270 g/mol. The van der Waals surface area contributed by atoms with E-state index in [0.29, 0.717) is 12.8 Å². The first-order valence-corrected chi connectivity index (χ1v) is 6.20. The van der Waals surface area contributed by atoms with Gasteiger partial charge in [0.05, 0.1) is 12.1 Å². The number of benzene rings is 1. The molecule has 0 aromatic heterocycles. The molecule has 1 aliphatic carbocycles. The Bertz CT molecular complexity index is 453. The second kappa shape index (κ2) is 5.52. The summed E-state index contributed by atoms with van der Waals surface area (Å²) in [5, 5.41) is 14.1. The average Bonchev–Trinajstić information content (AvgIpc) is 2.83. The Morgan fingerprint density at radius 2 is 1.84 bits per heavy atom. The van der Waals surface area contributed by atoms with E-state index in [1.807, 2.05) is 0 Å². The van der Waals surface area contributed by atoms with Gasteiger partial charge >= 0.3 is 6.03 Å². The topological polar surface area (TPSA) is 61.4 Å². The maximum absolute atomic E-state index is 13.4. The first-order chi connectivity index (χ1) is 9.06. The van der Waals surface area contributed by atoms with Crippen LogP contribution in [0.25, 0.3) is 0 Å². The molecule has 1 saturated carbocycles. The van der Waals surface area contributed by atoms with E-state index in [4.69, 9.17) is 0 Å². The molecule has 0 aliphatic heterocycles. The summed E-state index contributed by atoms with van der Waals surface area (Å²) in [6.45, 7) is -0.180. The molecule has 1 aromatic rings. The second-order valence-corrected chi connectivity index (χ2v) is 4.82. The van der Waals surface area contributed by atoms with Gasteiger partial charge in [-0.1, -0.05) is 18.9 Å². The van der Waals surface area contributed by atoms with Gasteiger partial charge in [0.2, 0.25) is 0 Å². The Balaban J connectivity index is 2.05. The lowest BCUT2D eigenvalue weighted by molar-refractivity contribution is 0.167. The monoisotopic (exact) mass is 270 g/mol. The molecule has 0 saturated heterocycles. The summed E-state index contributed by atoms with van der Waals surface area (Å²) in [6.07, 6.45) is 3.15. The van der Waals surface area contributed by atoms with E-state index in [1.165, 1.54) is 6.07 Å². The zero-order valence-corrected chi connectivity index (χ0v) is 10.4. The highest BCUT2D eigenvalue weighted by Gasteiger charge is 2.34. The van der Waals surface area contributed by atoms with Crippen LogP contribution in [0.1, 0.15) is 25.7 Å². The summed E-state index contributed by atoms with van der Waals surface area (Å²) in [4.78, 5) is 11.8. The number of aliphatic hydroxyl groups is 1. The van der Waals surface area contributed by atoms with E-state index >= 15 is 0 Å². The van der Waals surface area contributed by atoms with Crippen LogP contribution >= 0.6 is 0 Å². The number of nitrogens with one attached hydrogen (secondary N) is 2. The van der Waals surface area contributed by atoms with Gasteiger partial charge in [0.1, 0.15) is 17.3 Å². The minimum Gasteiger partial charge on any atom is -0.394 e. The number of aliphatic hydroxyl groups excluding tert-OH is 1. The number of anilines is 1. The quantitative estimate of drug-likeness (QED) is 0.789. The normalized spacial score (nSPS) is 17.2. The molecule has 0 bridgehead atoms. The molecule has 0 spiro atoms.